The average molecular weight is 672 g/mol. The van der Waals surface area contributed by atoms with Crippen molar-refractivity contribution in [3.05, 3.63) is 148 Å². The highest BCUT2D eigenvalue weighted by Gasteiger charge is 2.20. The zero-order valence-electron chi connectivity index (χ0n) is 24.4. The molecular formula is C33H29N5O5S3. The molecule has 234 valence electrons. The largest absolute Gasteiger partial charge is 0.294 e. The Bertz CT molecular complexity index is 2100. The Morgan fingerprint density at radius 3 is 1.98 bits per heavy atom. The Labute approximate surface area is 271 Å². The van der Waals surface area contributed by atoms with Crippen molar-refractivity contribution < 1.29 is 21.6 Å². The number of thioether (sulfide) groups is 1. The topological polar surface area (TPSA) is 149 Å². The van der Waals surface area contributed by atoms with Crippen LogP contribution >= 0.6 is 11.8 Å². The number of benzene rings is 5. The number of amides is 1. The van der Waals surface area contributed by atoms with E-state index in [1.54, 1.807) is 60.3 Å². The Balaban J connectivity index is 1.29. The molecule has 0 bridgehead atoms. The van der Waals surface area contributed by atoms with Crippen molar-refractivity contribution in [1.82, 2.24) is 9.62 Å². The van der Waals surface area contributed by atoms with Gasteiger partial charge in [0.1, 0.15) is 0 Å². The van der Waals surface area contributed by atoms with Gasteiger partial charge in [-0.3, -0.25) is 9.69 Å². The summed E-state index contributed by atoms with van der Waals surface area (Å²) in [6.45, 7) is 1.65. The molecule has 0 aliphatic carbocycles. The molecule has 0 unspecified atom stereocenters. The molecule has 1 amide bonds. The van der Waals surface area contributed by atoms with Crippen LogP contribution in [0.1, 0.15) is 21.5 Å². The minimum atomic E-state index is -4.13. The monoisotopic (exact) mass is 671 g/mol. The van der Waals surface area contributed by atoms with Crippen LogP contribution in [-0.2, 0) is 33.1 Å². The lowest BCUT2D eigenvalue weighted by atomic mass is 10.0. The van der Waals surface area contributed by atoms with Gasteiger partial charge in [0.2, 0.25) is 0 Å². The molecule has 0 atom stereocenters. The third-order valence-corrected chi connectivity index (χ3v) is 10.6. The SMILES string of the molecule is [N-]=[N+]=NS(=O)(=O)c1ccc(CN(CCSc2ccccc2)Cc2ccc(S(=O)(=O)NC(=O)c3cccc4ccccc34)cc2)cc1. The highest BCUT2D eigenvalue weighted by Crippen LogP contribution is 2.22. The Morgan fingerprint density at radius 2 is 1.33 bits per heavy atom. The van der Waals surface area contributed by atoms with Crippen LogP contribution < -0.4 is 4.72 Å². The highest BCUT2D eigenvalue weighted by molar-refractivity contribution is 7.99. The molecule has 1 N–H and O–H groups in total. The van der Waals surface area contributed by atoms with E-state index in [1.807, 2.05) is 48.5 Å². The molecular weight excluding hydrogens is 643 g/mol. The van der Waals surface area contributed by atoms with Gasteiger partial charge < -0.3 is 0 Å². The summed E-state index contributed by atoms with van der Waals surface area (Å²) in [4.78, 5) is 18.6. The van der Waals surface area contributed by atoms with Gasteiger partial charge in [-0.25, -0.2) is 21.6 Å². The molecule has 0 saturated carbocycles. The summed E-state index contributed by atoms with van der Waals surface area (Å²) in [6.07, 6.45) is 0. The van der Waals surface area contributed by atoms with E-state index < -0.39 is 26.0 Å². The fraction of sp³-hybridized carbons (Fsp3) is 0.121. The Morgan fingerprint density at radius 1 is 0.739 bits per heavy atom. The van der Waals surface area contributed by atoms with Gasteiger partial charge in [-0.2, -0.15) is 0 Å². The first-order chi connectivity index (χ1) is 22.1. The second-order valence-electron chi connectivity index (χ2n) is 10.3. The Hall–Kier alpha value is -4.65. The van der Waals surface area contributed by atoms with E-state index in [9.17, 15) is 21.6 Å². The first kappa shape index (κ1) is 32.7. The molecule has 13 heteroatoms. The van der Waals surface area contributed by atoms with Gasteiger partial charge in [0.15, 0.2) is 0 Å². The van der Waals surface area contributed by atoms with Gasteiger partial charge in [-0.1, -0.05) is 78.9 Å². The summed E-state index contributed by atoms with van der Waals surface area (Å²) in [5.41, 5.74) is 10.5. The summed E-state index contributed by atoms with van der Waals surface area (Å²) in [5.74, 6) is 0.0706. The fourth-order valence-corrected chi connectivity index (χ4v) is 7.41. The number of rotatable bonds is 13. The van der Waals surface area contributed by atoms with E-state index in [4.69, 9.17) is 5.53 Å². The maximum atomic E-state index is 13.1. The van der Waals surface area contributed by atoms with Crippen LogP contribution in [0.5, 0.6) is 0 Å². The molecule has 0 aliphatic rings. The molecule has 46 heavy (non-hydrogen) atoms. The summed E-state index contributed by atoms with van der Waals surface area (Å²) < 4.78 is 55.5. The Kier molecular flexibility index (Phi) is 10.4. The molecule has 0 fully saturated rings. The van der Waals surface area contributed by atoms with Crippen molar-refractivity contribution in [1.29, 1.82) is 0 Å². The van der Waals surface area contributed by atoms with Crippen LogP contribution in [0.4, 0.5) is 0 Å². The van der Waals surface area contributed by atoms with Crippen molar-refractivity contribution in [3.8, 4) is 0 Å². The third kappa shape index (κ3) is 8.33. The highest BCUT2D eigenvalue weighted by atomic mass is 32.2. The van der Waals surface area contributed by atoms with E-state index >= 15 is 0 Å². The molecule has 0 heterocycles. The zero-order chi connectivity index (χ0) is 32.6. The summed E-state index contributed by atoms with van der Waals surface area (Å²) >= 11 is 1.70. The van der Waals surface area contributed by atoms with Crippen LogP contribution in [0, 0.1) is 0 Å². The van der Waals surface area contributed by atoms with Gasteiger partial charge in [-0.05, 0) is 69.9 Å². The van der Waals surface area contributed by atoms with Crippen LogP contribution in [0.25, 0.3) is 21.2 Å². The molecule has 0 radical (unpaired) electrons. The first-order valence-electron chi connectivity index (χ1n) is 14.1. The summed E-state index contributed by atoms with van der Waals surface area (Å²) in [7, 11) is -8.21. The van der Waals surface area contributed by atoms with Crippen LogP contribution in [0.2, 0.25) is 0 Å². The molecule has 5 aromatic carbocycles. The lowest BCUT2D eigenvalue weighted by Crippen LogP contribution is -2.30. The molecule has 0 aromatic heterocycles. The second-order valence-corrected chi connectivity index (χ2v) is 14.7. The smallest absolute Gasteiger partial charge is 0.265 e. The molecule has 5 rings (SSSR count). The van der Waals surface area contributed by atoms with Crippen molar-refractivity contribution in [2.45, 2.75) is 27.8 Å². The van der Waals surface area contributed by atoms with Gasteiger partial charge in [0.25, 0.3) is 26.0 Å². The molecule has 0 spiro atoms. The number of nitrogens with one attached hydrogen (secondary N) is 1. The quantitative estimate of drug-likeness (QED) is 0.0630. The van der Waals surface area contributed by atoms with Crippen LogP contribution in [0.3, 0.4) is 0 Å². The van der Waals surface area contributed by atoms with Crippen molar-refractivity contribution >= 4 is 48.5 Å². The molecule has 5 aromatic rings. The van der Waals surface area contributed by atoms with E-state index in [1.165, 1.54) is 24.3 Å². The molecule has 0 aliphatic heterocycles. The van der Waals surface area contributed by atoms with Crippen LogP contribution in [-0.4, -0.2) is 39.9 Å². The number of sulfonamides is 2. The van der Waals surface area contributed by atoms with E-state index in [0.29, 0.717) is 25.0 Å². The number of hydrogen-bond donors (Lipinski definition) is 1. The van der Waals surface area contributed by atoms with Gasteiger partial charge in [-0.15, -0.1) is 11.8 Å². The maximum Gasteiger partial charge on any atom is 0.265 e. The summed E-state index contributed by atoms with van der Waals surface area (Å²) in [5, 5.41) is 1.49. The maximum absolute atomic E-state index is 13.1. The number of carbonyl (C=O) groups is 1. The second kappa shape index (κ2) is 14.6. The van der Waals surface area contributed by atoms with E-state index in [0.717, 1.165) is 27.2 Å². The third-order valence-electron chi connectivity index (χ3n) is 7.09. The number of carbonyl (C=O) groups excluding carboxylic acids is 1. The minimum absolute atomic E-state index is 0.0344. The normalized spacial score (nSPS) is 11.7. The van der Waals surface area contributed by atoms with Crippen molar-refractivity contribution in [2.24, 2.45) is 4.52 Å². The van der Waals surface area contributed by atoms with Gasteiger partial charge in [0, 0.05) is 45.3 Å². The standard InChI is InChI=1S/C33H29N5O5S3/c34-36-37-46(42,43)30-19-15-26(16-20-30)24-38(21-22-44-28-9-2-1-3-10-28)23-25-13-17-29(18-14-25)45(40,41)35-33(39)32-12-6-8-27-7-4-5-11-31(27)32/h1-20H,21-24H2,(H,35,39). The van der Waals surface area contributed by atoms with Crippen molar-refractivity contribution in [2.75, 3.05) is 12.3 Å². The lowest BCUT2D eigenvalue weighted by molar-refractivity contribution is 0.0983. The predicted octanol–water partition coefficient (Wildman–Crippen LogP) is 6.75. The number of hydrogen-bond acceptors (Lipinski definition) is 7. The fourth-order valence-electron chi connectivity index (χ4n) is 4.84. The predicted molar refractivity (Wildman–Crippen MR) is 179 cm³/mol. The number of fused-ring (bicyclic) bond motifs is 1. The van der Waals surface area contributed by atoms with Gasteiger partial charge >= 0.3 is 0 Å². The first-order valence-corrected chi connectivity index (χ1v) is 18.0. The van der Waals surface area contributed by atoms with Crippen LogP contribution in [0.15, 0.2) is 141 Å². The van der Waals surface area contributed by atoms with Gasteiger partial charge in [0.05, 0.1) is 9.79 Å². The minimum Gasteiger partial charge on any atom is -0.294 e. The number of azide groups is 1. The van der Waals surface area contributed by atoms with E-state index in [2.05, 4.69) is 19.1 Å². The lowest BCUT2D eigenvalue weighted by Gasteiger charge is -2.23. The molecule has 10 nitrogen and oxygen atoms in total. The number of nitrogens with zero attached hydrogens (tertiary/aromatic N) is 4. The summed E-state index contributed by atoms with van der Waals surface area (Å²) in [6, 6.07) is 34.9. The van der Waals surface area contributed by atoms with E-state index in [-0.39, 0.29) is 15.4 Å². The van der Waals surface area contributed by atoms with Crippen molar-refractivity contribution in [3.63, 3.8) is 0 Å². The molecule has 0 saturated heterocycles. The zero-order valence-corrected chi connectivity index (χ0v) is 26.9. The average Bonchev–Trinajstić information content (AvgIpc) is 3.05.